The van der Waals surface area contributed by atoms with Gasteiger partial charge in [-0.15, -0.1) is 0 Å². The fourth-order valence-electron chi connectivity index (χ4n) is 1.55. The fourth-order valence-corrected chi connectivity index (χ4v) is 1.55. The van der Waals surface area contributed by atoms with Crippen LogP contribution in [0.5, 0.6) is 5.75 Å². The van der Waals surface area contributed by atoms with Crippen molar-refractivity contribution in [3.05, 3.63) is 23.8 Å². The van der Waals surface area contributed by atoms with Gasteiger partial charge in [-0.1, -0.05) is 19.8 Å². The number of nitrogens with one attached hydrogen (secondary N) is 1. The highest BCUT2D eigenvalue weighted by Gasteiger charge is 2.07. The molecule has 1 amide bonds. The smallest absolute Gasteiger partial charge is 0.251 e. The van der Waals surface area contributed by atoms with Crippen LogP contribution < -0.4 is 15.8 Å². The summed E-state index contributed by atoms with van der Waals surface area (Å²) in [6.45, 7) is 2.84. The first-order chi connectivity index (χ1) is 8.19. The zero-order valence-electron chi connectivity index (χ0n) is 10.5. The molecule has 0 spiro atoms. The van der Waals surface area contributed by atoms with E-state index in [2.05, 4.69) is 12.2 Å². The molecule has 94 valence electrons. The molecule has 4 heteroatoms. The number of amides is 1. The highest BCUT2D eigenvalue weighted by molar-refractivity contribution is 5.95. The van der Waals surface area contributed by atoms with Gasteiger partial charge in [-0.2, -0.15) is 0 Å². The van der Waals surface area contributed by atoms with Gasteiger partial charge in [0.15, 0.2) is 0 Å². The van der Waals surface area contributed by atoms with E-state index >= 15 is 0 Å². The molecular weight excluding hydrogens is 216 g/mol. The number of benzene rings is 1. The first kappa shape index (κ1) is 13.4. The Labute approximate surface area is 102 Å². The summed E-state index contributed by atoms with van der Waals surface area (Å²) >= 11 is 0. The van der Waals surface area contributed by atoms with Gasteiger partial charge in [0.25, 0.3) is 5.91 Å². The molecule has 0 unspecified atom stereocenters. The Hall–Kier alpha value is -1.71. The second-order valence-corrected chi connectivity index (χ2v) is 3.92. The number of carbonyl (C=O) groups excluding carboxylic acids is 1. The van der Waals surface area contributed by atoms with E-state index in [4.69, 9.17) is 10.5 Å². The normalized spacial score (nSPS) is 10.0. The molecule has 0 aromatic heterocycles. The van der Waals surface area contributed by atoms with Gasteiger partial charge in [-0.3, -0.25) is 4.79 Å². The minimum Gasteiger partial charge on any atom is -0.495 e. The lowest BCUT2D eigenvalue weighted by molar-refractivity contribution is 0.0953. The zero-order chi connectivity index (χ0) is 12.7. The van der Waals surface area contributed by atoms with Crippen LogP contribution in [0.3, 0.4) is 0 Å². The summed E-state index contributed by atoms with van der Waals surface area (Å²) in [5.74, 6) is 0.503. The fraction of sp³-hybridized carbons (Fsp3) is 0.462. The first-order valence-electron chi connectivity index (χ1n) is 5.90. The van der Waals surface area contributed by atoms with E-state index in [-0.39, 0.29) is 5.91 Å². The van der Waals surface area contributed by atoms with Gasteiger partial charge in [0.05, 0.1) is 12.8 Å². The Bertz CT molecular complexity index is 378. The summed E-state index contributed by atoms with van der Waals surface area (Å²) in [5.41, 5.74) is 6.79. The maximum Gasteiger partial charge on any atom is 0.251 e. The summed E-state index contributed by atoms with van der Waals surface area (Å²) in [6, 6.07) is 5.05. The number of anilines is 1. The highest BCUT2D eigenvalue weighted by atomic mass is 16.5. The topological polar surface area (TPSA) is 64.3 Å². The van der Waals surface area contributed by atoms with Crippen LogP contribution in [0.4, 0.5) is 5.69 Å². The van der Waals surface area contributed by atoms with Crippen molar-refractivity contribution in [2.45, 2.75) is 26.2 Å². The minimum absolute atomic E-state index is 0.0875. The van der Waals surface area contributed by atoms with Crippen molar-refractivity contribution in [3.8, 4) is 5.75 Å². The van der Waals surface area contributed by atoms with Gasteiger partial charge >= 0.3 is 0 Å². The Balaban J connectivity index is 2.54. The summed E-state index contributed by atoms with van der Waals surface area (Å²) in [5, 5.41) is 2.86. The van der Waals surface area contributed by atoms with Gasteiger partial charge in [0, 0.05) is 12.1 Å². The van der Waals surface area contributed by atoms with Crippen molar-refractivity contribution in [3.63, 3.8) is 0 Å². The number of nitrogen functional groups attached to an aromatic ring is 1. The lowest BCUT2D eigenvalue weighted by Crippen LogP contribution is -2.24. The Morgan fingerprint density at radius 2 is 2.18 bits per heavy atom. The van der Waals surface area contributed by atoms with Crippen LogP contribution in [0.25, 0.3) is 0 Å². The molecular formula is C13H20N2O2. The van der Waals surface area contributed by atoms with E-state index in [9.17, 15) is 4.79 Å². The molecule has 4 nitrogen and oxygen atoms in total. The monoisotopic (exact) mass is 236 g/mol. The third kappa shape index (κ3) is 3.98. The van der Waals surface area contributed by atoms with E-state index in [1.54, 1.807) is 25.3 Å². The van der Waals surface area contributed by atoms with Crippen LogP contribution in [0.15, 0.2) is 18.2 Å². The van der Waals surface area contributed by atoms with Crippen molar-refractivity contribution in [1.82, 2.24) is 5.32 Å². The molecule has 1 rings (SSSR count). The first-order valence-corrected chi connectivity index (χ1v) is 5.90. The summed E-state index contributed by atoms with van der Waals surface area (Å²) < 4.78 is 5.04. The molecule has 0 radical (unpaired) electrons. The molecule has 0 saturated heterocycles. The van der Waals surface area contributed by atoms with E-state index in [0.29, 0.717) is 23.5 Å². The molecule has 3 N–H and O–H groups in total. The summed E-state index contributed by atoms with van der Waals surface area (Å²) in [7, 11) is 1.55. The largest absolute Gasteiger partial charge is 0.495 e. The average molecular weight is 236 g/mol. The number of hydrogen-bond acceptors (Lipinski definition) is 3. The average Bonchev–Trinajstić information content (AvgIpc) is 2.34. The molecule has 17 heavy (non-hydrogen) atoms. The highest BCUT2D eigenvalue weighted by Crippen LogP contribution is 2.21. The van der Waals surface area contributed by atoms with Crippen LogP contribution in [-0.2, 0) is 0 Å². The molecule has 0 aliphatic rings. The molecule has 1 aromatic carbocycles. The van der Waals surface area contributed by atoms with Gasteiger partial charge in [-0.05, 0) is 24.6 Å². The summed E-state index contributed by atoms with van der Waals surface area (Å²) in [6.07, 6.45) is 3.28. The zero-order valence-corrected chi connectivity index (χ0v) is 10.5. The van der Waals surface area contributed by atoms with Crippen LogP contribution in [0.2, 0.25) is 0 Å². The standard InChI is InChI=1S/C13H20N2O2/c1-3-4-5-8-15-13(16)10-6-7-12(17-2)11(14)9-10/h6-7,9H,3-5,8,14H2,1-2H3,(H,15,16). The maximum absolute atomic E-state index is 11.8. The number of nitrogens with two attached hydrogens (primary N) is 1. The van der Waals surface area contributed by atoms with E-state index in [0.717, 1.165) is 19.3 Å². The maximum atomic E-state index is 11.8. The predicted molar refractivity (Wildman–Crippen MR) is 69.3 cm³/mol. The van der Waals surface area contributed by atoms with Gasteiger partial charge in [0.2, 0.25) is 0 Å². The van der Waals surface area contributed by atoms with Crippen LogP contribution >= 0.6 is 0 Å². The Morgan fingerprint density at radius 1 is 1.41 bits per heavy atom. The molecule has 0 atom stereocenters. The second kappa shape index (κ2) is 6.78. The molecule has 0 saturated carbocycles. The molecule has 0 heterocycles. The summed E-state index contributed by atoms with van der Waals surface area (Å²) in [4.78, 5) is 11.8. The number of hydrogen-bond donors (Lipinski definition) is 2. The Kier molecular flexibility index (Phi) is 5.33. The van der Waals surface area contributed by atoms with Crippen molar-refractivity contribution in [1.29, 1.82) is 0 Å². The van der Waals surface area contributed by atoms with Crippen molar-refractivity contribution < 1.29 is 9.53 Å². The molecule has 0 aliphatic heterocycles. The van der Waals surface area contributed by atoms with Crippen molar-refractivity contribution >= 4 is 11.6 Å². The predicted octanol–water partition coefficient (Wildman–Crippen LogP) is 2.20. The van der Waals surface area contributed by atoms with Crippen molar-refractivity contribution in [2.24, 2.45) is 0 Å². The number of rotatable bonds is 6. The minimum atomic E-state index is -0.0875. The Morgan fingerprint density at radius 3 is 2.76 bits per heavy atom. The van der Waals surface area contributed by atoms with Crippen LogP contribution in [0, 0.1) is 0 Å². The third-order valence-corrected chi connectivity index (χ3v) is 2.56. The van der Waals surface area contributed by atoms with Gasteiger partial charge < -0.3 is 15.8 Å². The second-order valence-electron chi connectivity index (χ2n) is 3.92. The van der Waals surface area contributed by atoms with Crippen molar-refractivity contribution in [2.75, 3.05) is 19.4 Å². The third-order valence-electron chi connectivity index (χ3n) is 2.56. The van der Waals surface area contributed by atoms with E-state index in [1.807, 2.05) is 0 Å². The molecule has 0 aliphatic carbocycles. The number of methoxy groups -OCH3 is 1. The van der Waals surface area contributed by atoms with Gasteiger partial charge in [-0.25, -0.2) is 0 Å². The number of unbranched alkanes of at least 4 members (excludes halogenated alkanes) is 2. The van der Waals surface area contributed by atoms with E-state index in [1.165, 1.54) is 0 Å². The number of ether oxygens (including phenoxy) is 1. The SMILES string of the molecule is CCCCCNC(=O)c1ccc(OC)c(N)c1. The van der Waals surface area contributed by atoms with Crippen LogP contribution in [0.1, 0.15) is 36.5 Å². The quantitative estimate of drug-likeness (QED) is 0.588. The molecule has 0 bridgehead atoms. The molecule has 1 aromatic rings. The number of carbonyl (C=O) groups is 1. The lowest BCUT2D eigenvalue weighted by atomic mass is 10.1. The lowest BCUT2D eigenvalue weighted by Gasteiger charge is -2.08. The van der Waals surface area contributed by atoms with E-state index < -0.39 is 0 Å². The molecule has 0 fully saturated rings. The van der Waals surface area contributed by atoms with Crippen LogP contribution in [-0.4, -0.2) is 19.6 Å². The van der Waals surface area contributed by atoms with Gasteiger partial charge in [0.1, 0.15) is 5.75 Å².